The standard InChI is InChI=1S/C12H19N5/c1-4-7-13-12(10-5-8-16(2)14-10)11-6-9-17(3)15-11/h5-6,8-9,12-13H,4,7H2,1-3H3. The van der Waals surface area contributed by atoms with Crippen LogP contribution in [0.25, 0.3) is 0 Å². The molecule has 0 aliphatic rings. The minimum atomic E-state index is 0.0809. The van der Waals surface area contributed by atoms with Gasteiger partial charge in [-0.2, -0.15) is 10.2 Å². The van der Waals surface area contributed by atoms with Crippen LogP contribution in [-0.4, -0.2) is 26.1 Å². The van der Waals surface area contributed by atoms with Gasteiger partial charge in [0.05, 0.1) is 17.4 Å². The largest absolute Gasteiger partial charge is 0.304 e. The lowest BCUT2D eigenvalue weighted by atomic mass is 10.1. The zero-order valence-electron chi connectivity index (χ0n) is 10.6. The summed E-state index contributed by atoms with van der Waals surface area (Å²) in [6, 6.07) is 4.14. The molecule has 92 valence electrons. The van der Waals surface area contributed by atoms with Gasteiger partial charge >= 0.3 is 0 Å². The quantitative estimate of drug-likeness (QED) is 0.845. The lowest BCUT2D eigenvalue weighted by Gasteiger charge is -2.13. The van der Waals surface area contributed by atoms with E-state index in [0.29, 0.717) is 0 Å². The van der Waals surface area contributed by atoms with E-state index >= 15 is 0 Å². The summed E-state index contributed by atoms with van der Waals surface area (Å²) in [6.45, 7) is 3.11. The van der Waals surface area contributed by atoms with E-state index in [9.17, 15) is 0 Å². The highest BCUT2D eigenvalue weighted by molar-refractivity contribution is 5.19. The SMILES string of the molecule is CCCNC(c1ccn(C)n1)c1ccn(C)n1. The van der Waals surface area contributed by atoms with Crippen molar-refractivity contribution in [1.29, 1.82) is 0 Å². The summed E-state index contributed by atoms with van der Waals surface area (Å²) in [5.41, 5.74) is 2.03. The lowest BCUT2D eigenvalue weighted by Crippen LogP contribution is -2.24. The van der Waals surface area contributed by atoms with Crippen LogP contribution in [0.4, 0.5) is 0 Å². The normalized spacial score (nSPS) is 11.3. The molecular formula is C12H19N5. The second-order valence-corrected chi connectivity index (χ2v) is 4.22. The van der Waals surface area contributed by atoms with E-state index < -0.39 is 0 Å². The first-order valence-corrected chi connectivity index (χ1v) is 5.93. The maximum atomic E-state index is 4.45. The number of rotatable bonds is 5. The smallest absolute Gasteiger partial charge is 0.0962 e. The Morgan fingerprint density at radius 3 is 2.00 bits per heavy atom. The first kappa shape index (κ1) is 11.9. The molecule has 0 spiro atoms. The Balaban J connectivity index is 2.24. The second kappa shape index (κ2) is 5.14. The first-order chi connectivity index (χ1) is 8.20. The summed E-state index contributed by atoms with van der Waals surface area (Å²) in [6.07, 6.45) is 5.01. The molecule has 0 radical (unpaired) electrons. The summed E-state index contributed by atoms with van der Waals surface area (Å²) in [7, 11) is 3.86. The summed E-state index contributed by atoms with van der Waals surface area (Å²) < 4.78 is 3.64. The average Bonchev–Trinajstić information content (AvgIpc) is 2.89. The number of hydrogen-bond acceptors (Lipinski definition) is 3. The van der Waals surface area contributed by atoms with Crippen molar-refractivity contribution in [2.75, 3.05) is 6.54 Å². The second-order valence-electron chi connectivity index (χ2n) is 4.22. The van der Waals surface area contributed by atoms with Gasteiger partial charge in [-0.1, -0.05) is 6.92 Å². The Hall–Kier alpha value is -1.62. The molecule has 1 N–H and O–H groups in total. The van der Waals surface area contributed by atoms with Crippen molar-refractivity contribution in [1.82, 2.24) is 24.9 Å². The molecule has 2 aromatic heterocycles. The summed E-state index contributed by atoms with van der Waals surface area (Å²) in [4.78, 5) is 0. The predicted molar refractivity (Wildman–Crippen MR) is 66.6 cm³/mol. The van der Waals surface area contributed by atoms with Crippen molar-refractivity contribution in [3.63, 3.8) is 0 Å². The van der Waals surface area contributed by atoms with Crippen molar-refractivity contribution >= 4 is 0 Å². The Morgan fingerprint density at radius 1 is 1.12 bits per heavy atom. The molecule has 0 amide bonds. The Morgan fingerprint density at radius 2 is 1.65 bits per heavy atom. The average molecular weight is 233 g/mol. The van der Waals surface area contributed by atoms with Crippen molar-refractivity contribution < 1.29 is 0 Å². The van der Waals surface area contributed by atoms with Crippen molar-refractivity contribution in [3.05, 3.63) is 35.9 Å². The van der Waals surface area contributed by atoms with Crippen molar-refractivity contribution in [2.24, 2.45) is 14.1 Å². The van der Waals surface area contributed by atoms with Crippen LogP contribution in [-0.2, 0) is 14.1 Å². The van der Waals surface area contributed by atoms with Gasteiger partial charge in [-0.05, 0) is 25.1 Å². The maximum absolute atomic E-state index is 4.45. The molecule has 0 atom stereocenters. The molecule has 2 rings (SSSR count). The molecule has 5 nitrogen and oxygen atoms in total. The zero-order chi connectivity index (χ0) is 12.3. The van der Waals surface area contributed by atoms with Gasteiger partial charge in [-0.3, -0.25) is 9.36 Å². The van der Waals surface area contributed by atoms with Gasteiger partial charge in [0.1, 0.15) is 0 Å². The Bertz CT molecular complexity index is 430. The van der Waals surface area contributed by atoms with E-state index in [2.05, 4.69) is 22.4 Å². The highest BCUT2D eigenvalue weighted by Gasteiger charge is 2.18. The minimum absolute atomic E-state index is 0.0809. The van der Waals surface area contributed by atoms with Crippen LogP contribution in [0.1, 0.15) is 30.8 Å². The number of hydrogen-bond donors (Lipinski definition) is 1. The van der Waals surface area contributed by atoms with E-state index in [1.54, 1.807) is 0 Å². The number of aryl methyl sites for hydroxylation is 2. The lowest BCUT2D eigenvalue weighted by molar-refractivity contribution is 0.556. The monoisotopic (exact) mass is 233 g/mol. The van der Waals surface area contributed by atoms with Crippen LogP contribution in [0.15, 0.2) is 24.5 Å². The zero-order valence-corrected chi connectivity index (χ0v) is 10.6. The van der Waals surface area contributed by atoms with Crippen LogP contribution in [0.3, 0.4) is 0 Å². The fraction of sp³-hybridized carbons (Fsp3) is 0.500. The van der Waals surface area contributed by atoms with Crippen LogP contribution in [0.5, 0.6) is 0 Å². The molecule has 2 heterocycles. The molecule has 2 aromatic rings. The summed E-state index contributed by atoms with van der Waals surface area (Å²) in [5.74, 6) is 0. The third-order valence-corrected chi connectivity index (χ3v) is 2.66. The highest BCUT2D eigenvalue weighted by atomic mass is 15.3. The van der Waals surface area contributed by atoms with Gasteiger partial charge in [0.15, 0.2) is 0 Å². The number of nitrogens with zero attached hydrogens (tertiary/aromatic N) is 4. The molecule has 0 aliphatic carbocycles. The molecular weight excluding hydrogens is 214 g/mol. The van der Waals surface area contributed by atoms with Crippen LogP contribution >= 0.6 is 0 Å². The Labute approximate surface area is 101 Å². The van der Waals surface area contributed by atoms with Gasteiger partial charge < -0.3 is 5.32 Å². The van der Waals surface area contributed by atoms with E-state index in [1.807, 2.05) is 48.0 Å². The fourth-order valence-corrected chi connectivity index (χ4v) is 1.82. The molecule has 0 aliphatic heterocycles. The van der Waals surface area contributed by atoms with Crippen molar-refractivity contribution in [2.45, 2.75) is 19.4 Å². The third-order valence-electron chi connectivity index (χ3n) is 2.66. The third kappa shape index (κ3) is 2.74. The first-order valence-electron chi connectivity index (χ1n) is 5.93. The summed E-state index contributed by atoms with van der Waals surface area (Å²) >= 11 is 0. The van der Waals surface area contributed by atoms with Crippen molar-refractivity contribution in [3.8, 4) is 0 Å². The molecule has 17 heavy (non-hydrogen) atoms. The molecule has 0 unspecified atom stereocenters. The Kier molecular flexibility index (Phi) is 3.58. The molecule has 0 saturated heterocycles. The number of aromatic nitrogens is 4. The number of nitrogens with one attached hydrogen (secondary N) is 1. The van der Waals surface area contributed by atoms with Crippen LogP contribution < -0.4 is 5.32 Å². The molecule has 0 bridgehead atoms. The van der Waals surface area contributed by atoms with Gasteiger partial charge in [-0.15, -0.1) is 0 Å². The van der Waals surface area contributed by atoms with E-state index in [0.717, 1.165) is 24.4 Å². The topological polar surface area (TPSA) is 47.7 Å². The fourth-order valence-electron chi connectivity index (χ4n) is 1.82. The van der Waals surface area contributed by atoms with Crippen LogP contribution in [0.2, 0.25) is 0 Å². The predicted octanol–water partition coefficient (Wildman–Crippen LogP) is 1.24. The molecule has 0 fully saturated rings. The van der Waals surface area contributed by atoms with E-state index in [-0.39, 0.29) is 6.04 Å². The van der Waals surface area contributed by atoms with Gasteiger partial charge in [-0.25, -0.2) is 0 Å². The summed E-state index contributed by atoms with van der Waals surface area (Å²) in [5, 5.41) is 12.4. The molecule has 0 saturated carbocycles. The van der Waals surface area contributed by atoms with Gasteiger partial charge in [0.2, 0.25) is 0 Å². The maximum Gasteiger partial charge on any atom is 0.0962 e. The van der Waals surface area contributed by atoms with Crippen LogP contribution in [0, 0.1) is 0 Å². The molecule has 0 aromatic carbocycles. The minimum Gasteiger partial charge on any atom is -0.304 e. The van der Waals surface area contributed by atoms with E-state index in [1.165, 1.54) is 0 Å². The van der Waals surface area contributed by atoms with E-state index in [4.69, 9.17) is 0 Å². The van der Waals surface area contributed by atoms with Gasteiger partial charge in [0, 0.05) is 26.5 Å². The highest BCUT2D eigenvalue weighted by Crippen LogP contribution is 2.18. The van der Waals surface area contributed by atoms with Gasteiger partial charge in [0.25, 0.3) is 0 Å². The molecule has 5 heteroatoms.